The number of esters is 1. The van der Waals surface area contributed by atoms with Crippen LogP contribution in [0.2, 0.25) is 0 Å². The Morgan fingerprint density at radius 2 is 1.86 bits per heavy atom. The molecule has 0 radical (unpaired) electrons. The third kappa shape index (κ3) is 6.15. The number of carbonyl (C=O) groups excluding carboxylic acids is 1. The second kappa shape index (κ2) is 9.09. The molecule has 0 N–H and O–H groups in total. The summed E-state index contributed by atoms with van der Waals surface area (Å²) >= 11 is 3.23. The Morgan fingerprint density at radius 1 is 1.14 bits per heavy atom. The molecule has 29 heavy (non-hydrogen) atoms. The van der Waals surface area contributed by atoms with Crippen LogP contribution in [0.25, 0.3) is 11.3 Å². The molecule has 0 aliphatic carbocycles. The Labute approximate surface area is 181 Å². The summed E-state index contributed by atoms with van der Waals surface area (Å²) in [5.41, 5.74) is 2.83. The minimum Gasteiger partial charge on any atom is -0.459 e. The second-order valence-electron chi connectivity index (χ2n) is 8.31. The number of hydrogen-bond acceptors (Lipinski definition) is 6. The zero-order valence-corrected chi connectivity index (χ0v) is 19.3. The highest BCUT2D eigenvalue weighted by molar-refractivity contribution is 7.14. The van der Waals surface area contributed by atoms with Crippen LogP contribution in [0.3, 0.4) is 0 Å². The maximum Gasteiger partial charge on any atom is 0.326 e. The molecule has 0 saturated heterocycles. The maximum atomic E-state index is 12.5. The molecule has 3 aromatic rings. The van der Waals surface area contributed by atoms with Gasteiger partial charge in [-0.05, 0) is 43.7 Å². The Hall–Kier alpha value is -2.18. The van der Waals surface area contributed by atoms with E-state index in [0.29, 0.717) is 12.5 Å². The molecule has 0 spiro atoms. The van der Waals surface area contributed by atoms with Gasteiger partial charge in [-0.2, -0.15) is 0 Å². The first kappa shape index (κ1) is 21.5. The quantitative estimate of drug-likeness (QED) is 0.412. The molecule has 2 aromatic heterocycles. The molecular formula is C23H28N2O2S2. The van der Waals surface area contributed by atoms with Crippen molar-refractivity contribution < 1.29 is 9.53 Å². The summed E-state index contributed by atoms with van der Waals surface area (Å²) in [6.07, 6.45) is 0. The van der Waals surface area contributed by atoms with Crippen LogP contribution in [0.15, 0.2) is 47.2 Å². The average molecular weight is 429 g/mol. The molecule has 1 aromatic carbocycles. The van der Waals surface area contributed by atoms with Gasteiger partial charge in [0.15, 0.2) is 5.13 Å². The first-order chi connectivity index (χ1) is 13.7. The van der Waals surface area contributed by atoms with Crippen LogP contribution >= 0.6 is 22.7 Å². The van der Waals surface area contributed by atoms with Crippen LogP contribution in [-0.2, 0) is 16.1 Å². The molecule has 0 unspecified atom stereocenters. The minimum atomic E-state index is -0.502. The van der Waals surface area contributed by atoms with Gasteiger partial charge < -0.3 is 9.64 Å². The molecule has 0 aliphatic rings. The third-order valence-electron chi connectivity index (χ3n) is 4.30. The smallest absolute Gasteiger partial charge is 0.326 e. The molecule has 0 aliphatic heterocycles. The number of hydrogen-bond donors (Lipinski definition) is 0. The molecule has 4 nitrogen and oxygen atoms in total. The predicted molar refractivity (Wildman–Crippen MR) is 123 cm³/mol. The van der Waals surface area contributed by atoms with Crippen molar-refractivity contribution in [2.75, 3.05) is 11.4 Å². The van der Waals surface area contributed by atoms with Crippen LogP contribution in [-0.4, -0.2) is 23.1 Å². The van der Waals surface area contributed by atoms with Gasteiger partial charge in [-0.1, -0.05) is 44.2 Å². The summed E-state index contributed by atoms with van der Waals surface area (Å²) in [6.45, 7) is 10.8. The van der Waals surface area contributed by atoms with E-state index in [9.17, 15) is 4.79 Å². The topological polar surface area (TPSA) is 42.4 Å². The largest absolute Gasteiger partial charge is 0.459 e. The summed E-state index contributed by atoms with van der Waals surface area (Å²) in [4.78, 5) is 20.5. The summed E-state index contributed by atoms with van der Waals surface area (Å²) in [5, 5.41) is 4.92. The summed E-state index contributed by atoms with van der Waals surface area (Å²) in [5.74, 6) is 0.261. The zero-order chi connectivity index (χ0) is 21.0. The van der Waals surface area contributed by atoms with E-state index in [1.165, 1.54) is 10.4 Å². The van der Waals surface area contributed by atoms with Gasteiger partial charge >= 0.3 is 5.97 Å². The van der Waals surface area contributed by atoms with Crippen molar-refractivity contribution in [2.24, 2.45) is 0 Å². The van der Waals surface area contributed by atoms with Gasteiger partial charge in [0.25, 0.3) is 0 Å². The Balaban J connectivity index is 1.81. The normalized spacial score (nSPS) is 11.7. The van der Waals surface area contributed by atoms with E-state index in [1.54, 1.807) is 22.7 Å². The molecule has 0 bridgehead atoms. The van der Waals surface area contributed by atoms with Gasteiger partial charge in [0, 0.05) is 15.8 Å². The highest BCUT2D eigenvalue weighted by atomic mass is 32.1. The summed E-state index contributed by atoms with van der Waals surface area (Å²) < 4.78 is 5.54. The summed E-state index contributed by atoms with van der Waals surface area (Å²) in [7, 11) is 0. The van der Waals surface area contributed by atoms with Crippen molar-refractivity contribution >= 4 is 33.8 Å². The number of rotatable bonds is 7. The van der Waals surface area contributed by atoms with E-state index in [-0.39, 0.29) is 12.5 Å². The molecule has 0 atom stereocenters. The summed E-state index contributed by atoms with van der Waals surface area (Å²) in [6, 6.07) is 12.6. The van der Waals surface area contributed by atoms with Crippen LogP contribution in [0.1, 0.15) is 51.0 Å². The lowest BCUT2D eigenvalue weighted by molar-refractivity contribution is -0.153. The van der Waals surface area contributed by atoms with E-state index < -0.39 is 5.60 Å². The van der Waals surface area contributed by atoms with Gasteiger partial charge in [0.05, 0.1) is 12.2 Å². The number of carbonyl (C=O) groups is 1. The van der Waals surface area contributed by atoms with E-state index in [0.717, 1.165) is 16.4 Å². The molecule has 0 fully saturated rings. The van der Waals surface area contributed by atoms with Crippen LogP contribution in [0.4, 0.5) is 5.13 Å². The van der Waals surface area contributed by atoms with Gasteiger partial charge in [-0.15, -0.1) is 22.7 Å². The number of benzene rings is 1. The van der Waals surface area contributed by atoms with E-state index >= 15 is 0 Å². The fourth-order valence-corrected chi connectivity index (χ4v) is 4.45. The zero-order valence-electron chi connectivity index (χ0n) is 17.6. The number of nitrogens with zero attached hydrogens (tertiary/aromatic N) is 2. The number of ether oxygens (including phenoxy) is 1. The number of anilines is 1. The number of thiazole rings is 1. The third-order valence-corrected chi connectivity index (χ3v) is 6.07. The van der Waals surface area contributed by atoms with Crippen molar-refractivity contribution in [3.8, 4) is 11.3 Å². The van der Waals surface area contributed by atoms with Crippen LogP contribution in [0, 0.1) is 0 Å². The lowest BCUT2D eigenvalue weighted by Crippen LogP contribution is -2.34. The van der Waals surface area contributed by atoms with Crippen molar-refractivity contribution in [1.82, 2.24) is 4.98 Å². The lowest BCUT2D eigenvalue weighted by Gasteiger charge is -2.24. The van der Waals surface area contributed by atoms with Crippen molar-refractivity contribution in [3.05, 3.63) is 57.6 Å². The Kier molecular flexibility index (Phi) is 6.75. The van der Waals surface area contributed by atoms with Crippen LogP contribution in [0.5, 0.6) is 0 Å². The van der Waals surface area contributed by atoms with Crippen molar-refractivity contribution in [3.63, 3.8) is 0 Å². The van der Waals surface area contributed by atoms with Gasteiger partial charge in [-0.25, -0.2) is 4.98 Å². The molecule has 6 heteroatoms. The maximum absolute atomic E-state index is 12.5. The standard InChI is InChI=1S/C23H28N2O2S2/c1-16(2)17-8-10-18(11-9-17)20-15-29-22(24-20)25(13-19-7-6-12-28-19)14-21(26)27-23(3,4)5/h6-12,15-16H,13-14H2,1-5H3. The lowest BCUT2D eigenvalue weighted by atomic mass is 10.0. The number of thiophene rings is 1. The van der Waals surface area contributed by atoms with Crippen molar-refractivity contribution in [2.45, 2.75) is 52.7 Å². The monoisotopic (exact) mass is 428 g/mol. The minimum absolute atomic E-state index is 0.175. The molecular weight excluding hydrogens is 400 g/mol. The predicted octanol–water partition coefficient (Wildman–Crippen LogP) is 6.34. The first-order valence-electron chi connectivity index (χ1n) is 9.76. The first-order valence-corrected chi connectivity index (χ1v) is 11.5. The van der Waals surface area contributed by atoms with E-state index in [2.05, 4.69) is 49.6 Å². The molecule has 154 valence electrons. The van der Waals surface area contributed by atoms with Gasteiger partial charge in [0.2, 0.25) is 0 Å². The van der Waals surface area contributed by atoms with Gasteiger partial charge in [-0.3, -0.25) is 4.79 Å². The SMILES string of the molecule is CC(C)c1ccc(-c2csc(N(CC(=O)OC(C)(C)C)Cc3cccs3)n2)cc1. The Morgan fingerprint density at radius 3 is 2.45 bits per heavy atom. The molecule has 0 amide bonds. The highest BCUT2D eigenvalue weighted by Crippen LogP contribution is 2.30. The fraction of sp³-hybridized carbons (Fsp3) is 0.391. The van der Waals surface area contributed by atoms with Crippen molar-refractivity contribution in [1.29, 1.82) is 0 Å². The second-order valence-corrected chi connectivity index (χ2v) is 10.2. The van der Waals surface area contributed by atoms with Crippen LogP contribution < -0.4 is 4.90 Å². The molecule has 2 heterocycles. The van der Waals surface area contributed by atoms with E-state index in [1.807, 2.05) is 37.1 Å². The van der Waals surface area contributed by atoms with Gasteiger partial charge in [0.1, 0.15) is 12.1 Å². The Bertz CT molecular complexity index is 923. The fourth-order valence-electron chi connectivity index (χ4n) is 2.89. The van der Waals surface area contributed by atoms with E-state index in [4.69, 9.17) is 9.72 Å². The molecule has 0 saturated carbocycles. The highest BCUT2D eigenvalue weighted by Gasteiger charge is 2.21. The number of aromatic nitrogens is 1. The average Bonchev–Trinajstić information content (AvgIpc) is 3.31. The molecule has 3 rings (SSSR count).